The van der Waals surface area contributed by atoms with Crippen molar-refractivity contribution in [3.63, 3.8) is 0 Å². The van der Waals surface area contributed by atoms with Crippen LogP contribution in [0.15, 0.2) is 30.3 Å². The fourth-order valence-corrected chi connectivity index (χ4v) is 14.3. The lowest BCUT2D eigenvalue weighted by Gasteiger charge is -2.73. The van der Waals surface area contributed by atoms with Crippen LogP contribution < -0.4 is 5.32 Å². The van der Waals surface area contributed by atoms with Gasteiger partial charge in [-0.3, -0.25) is 9.59 Å². The number of carboxylic acid groups (broad SMARTS) is 1. The first-order valence-electron chi connectivity index (χ1n) is 20.8. The molecule has 0 amide bonds. The normalized spacial score (nSPS) is 41.7. The summed E-state index contributed by atoms with van der Waals surface area (Å²) in [6, 6.07) is 10.5. The minimum absolute atomic E-state index is 0.103. The van der Waals surface area contributed by atoms with E-state index in [9.17, 15) is 24.9 Å². The topological polar surface area (TPSA) is 116 Å². The molecular weight excluding hydrogens is 650 g/mol. The highest BCUT2D eigenvalue weighted by atomic mass is 16.5. The number of rotatable bonds is 11. The Bertz CT molecular complexity index is 1460. The Morgan fingerprint density at radius 2 is 1.62 bits per heavy atom. The van der Waals surface area contributed by atoms with Crippen LogP contribution in [0.3, 0.4) is 0 Å². The number of aliphatic hydroxyl groups is 2. The zero-order valence-corrected chi connectivity index (χ0v) is 33.8. The molecule has 7 nitrogen and oxygen atoms in total. The molecule has 12 atom stereocenters. The summed E-state index contributed by atoms with van der Waals surface area (Å²) in [7, 11) is 0. The van der Waals surface area contributed by atoms with Crippen LogP contribution in [0.2, 0.25) is 0 Å². The third-order valence-electron chi connectivity index (χ3n) is 17.2. The van der Waals surface area contributed by atoms with Gasteiger partial charge in [0.05, 0.1) is 24.0 Å². The van der Waals surface area contributed by atoms with E-state index in [2.05, 4.69) is 78.0 Å². The highest BCUT2D eigenvalue weighted by Crippen LogP contribution is 2.78. The maximum atomic E-state index is 13.1. The molecule has 5 aliphatic carbocycles. The SMILES string of the molecule is CC(C)C1C(O)CC2([C@@H](O)CNCCc3ccccc3)CC[C@]3(C)C(CCC4C5(C)CCC(OC(=O)CC(C)(C)C(=O)O)C(C)(C)C5CCC43C)C12. The molecular formula is C45H71NO6. The van der Waals surface area contributed by atoms with E-state index in [1.165, 1.54) is 5.56 Å². The second kappa shape index (κ2) is 14.0. The maximum Gasteiger partial charge on any atom is 0.309 e. The molecule has 0 spiro atoms. The van der Waals surface area contributed by atoms with Crippen molar-refractivity contribution in [3.05, 3.63) is 35.9 Å². The molecule has 292 valence electrons. The zero-order valence-electron chi connectivity index (χ0n) is 33.8. The van der Waals surface area contributed by atoms with Crippen LogP contribution in [0.25, 0.3) is 0 Å². The molecule has 4 N–H and O–H groups in total. The molecule has 0 saturated heterocycles. The predicted octanol–water partition coefficient (Wildman–Crippen LogP) is 8.30. The van der Waals surface area contributed by atoms with Crippen molar-refractivity contribution >= 4 is 11.9 Å². The van der Waals surface area contributed by atoms with Crippen molar-refractivity contribution in [3.8, 4) is 0 Å². The number of esters is 1. The summed E-state index contributed by atoms with van der Waals surface area (Å²) in [5.41, 5.74) is 0.00157. The average Bonchev–Trinajstić information content (AvgIpc) is 3.38. The van der Waals surface area contributed by atoms with Crippen LogP contribution in [0.4, 0.5) is 0 Å². The van der Waals surface area contributed by atoms with Gasteiger partial charge in [-0.1, -0.05) is 78.8 Å². The number of nitrogens with one attached hydrogen (secondary N) is 1. The highest BCUT2D eigenvalue weighted by Gasteiger charge is 2.72. The zero-order chi connectivity index (χ0) is 38.1. The third-order valence-corrected chi connectivity index (χ3v) is 17.2. The molecule has 0 heterocycles. The lowest BCUT2D eigenvalue weighted by molar-refractivity contribution is -0.257. The standard InChI is InChI=1S/C45H71NO6/c1-28(2)37-31(47)25-45(34(48)27-46-24-19-29-13-11-10-12-14-29)23-22-43(8)30(38(37)45)15-16-33-42(7)20-18-35(52-36(49)26-40(3,4)39(50)51)41(5,6)32(42)17-21-44(33,43)9/h10-14,28,30-35,37-38,46-48H,15-27H2,1-9H3,(H,50,51)/t30?,31?,32?,33?,34-,35?,37?,38?,42?,43+,44?,45?/m0/s1. The van der Waals surface area contributed by atoms with Gasteiger partial charge in [0.15, 0.2) is 0 Å². The lowest BCUT2D eigenvalue weighted by Crippen LogP contribution is -2.67. The number of hydrogen-bond acceptors (Lipinski definition) is 6. The number of fused-ring (bicyclic) bond motifs is 7. The van der Waals surface area contributed by atoms with Crippen LogP contribution >= 0.6 is 0 Å². The summed E-state index contributed by atoms with van der Waals surface area (Å²) in [5.74, 6) is 0.842. The Morgan fingerprint density at radius 3 is 2.27 bits per heavy atom. The van der Waals surface area contributed by atoms with Gasteiger partial charge < -0.3 is 25.4 Å². The minimum Gasteiger partial charge on any atom is -0.481 e. The summed E-state index contributed by atoms with van der Waals surface area (Å²) in [4.78, 5) is 24.8. The molecule has 0 radical (unpaired) electrons. The number of hydrogen-bond donors (Lipinski definition) is 4. The molecule has 5 fully saturated rings. The first-order chi connectivity index (χ1) is 24.2. The molecule has 6 rings (SSSR count). The van der Waals surface area contributed by atoms with E-state index < -0.39 is 23.5 Å². The van der Waals surface area contributed by atoms with E-state index in [0.717, 1.165) is 64.3 Å². The fourth-order valence-electron chi connectivity index (χ4n) is 14.3. The van der Waals surface area contributed by atoms with Crippen LogP contribution in [0.5, 0.6) is 0 Å². The smallest absolute Gasteiger partial charge is 0.309 e. The number of benzene rings is 1. The van der Waals surface area contributed by atoms with E-state index in [1.807, 2.05) is 6.07 Å². The number of carboxylic acids is 1. The fraction of sp³-hybridized carbons (Fsp3) is 0.822. The molecule has 5 aliphatic rings. The quantitative estimate of drug-likeness (QED) is 0.134. The third kappa shape index (κ3) is 6.29. The molecule has 1 aromatic carbocycles. The van der Waals surface area contributed by atoms with Gasteiger partial charge in [0, 0.05) is 17.4 Å². The lowest BCUT2D eigenvalue weighted by atomic mass is 9.32. The molecule has 7 heteroatoms. The Balaban J connectivity index is 1.22. The second-order valence-electron chi connectivity index (χ2n) is 20.7. The monoisotopic (exact) mass is 722 g/mol. The summed E-state index contributed by atoms with van der Waals surface area (Å²) in [6.45, 7) is 21.5. The summed E-state index contributed by atoms with van der Waals surface area (Å²) in [5, 5.41) is 37.3. The van der Waals surface area contributed by atoms with Crippen LogP contribution in [-0.2, 0) is 20.7 Å². The Kier molecular flexibility index (Phi) is 10.7. The van der Waals surface area contributed by atoms with E-state index in [-0.39, 0.29) is 57.5 Å². The summed E-state index contributed by atoms with van der Waals surface area (Å²) in [6.07, 6.45) is 8.82. The number of carbonyl (C=O) groups is 2. The van der Waals surface area contributed by atoms with Gasteiger partial charge in [-0.25, -0.2) is 0 Å². The second-order valence-corrected chi connectivity index (χ2v) is 20.7. The number of ether oxygens (including phenoxy) is 1. The highest BCUT2D eigenvalue weighted by molar-refractivity contribution is 5.81. The Morgan fingerprint density at radius 1 is 0.923 bits per heavy atom. The molecule has 0 aliphatic heterocycles. The van der Waals surface area contributed by atoms with Crippen LogP contribution in [-0.4, -0.2) is 58.7 Å². The van der Waals surface area contributed by atoms with Crippen molar-refractivity contribution in [1.29, 1.82) is 0 Å². The van der Waals surface area contributed by atoms with Crippen molar-refractivity contribution < 1.29 is 29.6 Å². The molecule has 52 heavy (non-hydrogen) atoms. The number of aliphatic carboxylic acids is 1. The average molecular weight is 722 g/mol. The molecule has 1 aromatic rings. The largest absolute Gasteiger partial charge is 0.481 e. The van der Waals surface area contributed by atoms with Crippen LogP contribution in [0.1, 0.15) is 132 Å². The van der Waals surface area contributed by atoms with Crippen molar-refractivity contribution in [2.24, 2.45) is 68.0 Å². The maximum absolute atomic E-state index is 13.1. The Hall–Kier alpha value is -1.96. The summed E-state index contributed by atoms with van der Waals surface area (Å²) < 4.78 is 6.18. The minimum atomic E-state index is -1.15. The van der Waals surface area contributed by atoms with Crippen molar-refractivity contribution in [2.75, 3.05) is 13.1 Å². The van der Waals surface area contributed by atoms with Crippen LogP contribution in [0, 0.1) is 68.0 Å². The first-order valence-corrected chi connectivity index (χ1v) is 20.8. The molecule has 5 saturated carbocycles. The van der Waals surface area contributed by atoms with E-state index >= 15 is 0 Å². The molecule has 0 bridgehead atoms. The Labute approximate surface area is 314 Å². The van der Waals surface area contributed by atoms with Gasteiger partial charge in [-0.15, -0.1) is 0 Å². The number of carbonyl (C=O) groups excluding carboxylic acids is 1. The summed E-state index contributed by atoms with van der Waals surface area (Å²) >= 11 is 0. The van der Waals surface area contributed by atoms with Gasteiger partial charge in [0.25, 0.3) is 0 Å². The van der Waals surface area contributed by atoms with Gasteiger partial charge >= 0.3 is 11.9 Å². The van der Waals surface area contributed by atoms with E-state index in [1.54, 1.807) is 13.8 Å². The van der Waals surface area contributed by atoms with Gasteiger partial charge in [0.1, 0.15) is 6.10 Å². The van der Waals surface area contributed by atoms with Crippen molar-refractivity contribution in [2.45, 2.75) is 151 Å². The predicted molar refractivity (Wildman–Crippen MR) is 205 cm³/mol. The first kappa shape index (κ1) is 39.7. The molecule has 0 aromatic heterocycles. The van der Waals surface area contributed by atoms with Gasteiger partial charge in [-0.05, 0) is 142 Å². The van der Waals surface area contributed by atoms with Gasteiger partial charge in [-0.2, -0.15) is 0 Å². The van der Waals surface area contributed by atoms with Gasteiger partial charge in [0.2, 0.25) is 0 Å². The van der Waals surface area contributed by atoms with E-state index in [0.29, 0.717) is 36.6 Å². The van der Waals surface area contributed by atoms with E-state index in [4.69, 9.17) is 4.74 Å². The number of aliphatic hydroxyl groups excluding tert-OH is 2. The molecule has 10 unspecified atom stereocenters. The van der Waals surface area contributed by atoms with Crippen molar-refractivity contribution in [1.82, 2.24) is 5.32 Å².